The van der Waals surface area contributed by atoms with Crippen molar-refractivity contribution in [2.24, 2.45) is 0 Å². The van der Waals surface area contributed by atoms with Crippen LogP contribution < -0.4 is 0 Å². The van der Waals surface area contributed by atoms with Crippen molar-refractivity contribution in [2.75, 3.05) is 0 Å². The number of rotatable bonds is 0. The molecule has 2 saturated carbocycles. The average molecular weight is 163 g/mol. The maximum absolute atomic E-state index is 2.36. The van der Waals surface area contributed by atoms with Gasteiger partial charge in [0.15, 0.2) is 0 Å². The molecule has 11 heavy (non-hydrogen) atoms. The van der Waals surface area contributed by atoms with Crippen molar-refractivity contribution in [3.8, 4) is 0 Å². The van der Waals surface area contributed by atoms with Gasteiger partial charge in [-0.3, -0.25) is 0 Å². The molecule has 0 nitrogen and oxygen atoms in total. The Morgan fingerprint density at radius 2 is 0.818 bits per heavy atom. The van der Waals surface area contributed by atoms with Crippen LogP contribution in [0.3, 0.4) is 0 Å². The van der Waals surface area contributed by atoms with Gasteiger partial charge in [0.1, 0.15) is 0 Å². The molecule has 0 atom stereocenters. The van der Waals surface area contributed by atoms with Crippen LogP contribution in [0.25, 0.3) is 0 Å². The summed E-state index contributed by atoms with van der Waals surface area (Å²) in [4.78, 5) is 0. The van der Waals surface area contributed by atoms with Crippen molar-refractivity contribution in [2.45, 2.75) is 51.4 Å². The number of hydrogen-bond donors (Lipinski definition) is 0. The fourth-order valence-electron chi connectivity index (χ4n) is 1.44. The van der Waals surface area contributed by atoms with Gasteiger partial charge in [0.2, 0.25) is 0 Å². The molecule has 0 bridgehead atoms. The summed E-state index contributed by atoms with van der Waals surface area (Å²) in [5.41, 5.74) is 0. The molecule has 0 saturated heterocycles. The Morgan fingerprint density at radius 3 is 0.909 bits per heavy atom. The van der Waals surface area contributed by atoms with Gasteiger partial charge in [0.25, 0.3) is 0 Å². The Labute approximate surface area is 87.3 Å². The molecular weight excluding hydrogens is 144 g/mol. The van der Waals surface area contributed by atoms with Crippen LogP contribution in [0.1, 0.15) is 51.4 Å². The van der Waals surface area contributed by atoms with Gasteiger partial charge in [0.05, 0.1) is 0 Å². The van der Waals surface area contributed by atoms with E-state index in [0.717, 1.165) is 0 Å². The zero-order valence-corrected chi connectivity index (χ0v) is 8.93. The summed E-state index contributed by atoms with van der Waals surface area (Å²) in [6.07, 6.45) is 16.0. The molecule has 0 N–H and O–H groups in total. The van der Waals surface area contributed by atoms with Gasteiger partial charge in [-0.25, -0.2) is 0 Å². The minimum atomic E-state index is 0. The van der Waals surface area contributed by atoms with E-state index in [1.165, 1.54) is 51.4 Å². The molecule has 60 valence electrons. The summed E-state index contributed by atoms with van der Waals surface area (Å²) in [5.74, 6) is 0. The van der Waals surface area contributed by atoms with E-state index in [2.05, 4.69) is 12.8 Å². The monoisotopic (exact) mass is 162 g/mol. The molecule has 0 radical (unpaired) electrons. The molecule has 0 aromatic carbocycles. The van der Waals surface area contributed by atoms with Gasteiger partial charge in [-0.2, -0.15) is 25.7 Å². The Morgan fingerprint density at radius 1 is 0.545 bits per heavy atom. The van der Waals surface area contributed by atoms with Crippen LogP contribution >= 0.6 is 0 Å². The zero-order chi connectivity index (χ0) is 7.07. The smallest absolute Gasteiger partial charge is 0.328 e. The minimum Gasteiger partial charge on any atom is -0.328 e. The van der Waals surface area contributed by atoms with E-state index < -0.39 is 0 Å². The van der Waals surface area contributed by atoms with E-state index in [4.69, 9.17) is 0 Å². The normalized spacial score (nSPS) is 21.8. The molecule has 0 aliphatic heterocycles. The summed E-state index contributed by atoms with van der Waals surface area (Å²) in [7, 11) is 0. The molecule has 0 unspecified atom stereocenters. The average Bonchev–Trinajstić information content (AvgIpc) is 2.67. The molecule has 0 aromatic rings. The van der Waals surface area contributed by atoms with E-state index in [9.17, 15) is 0 Å². The van der Waals surface area contributed by atoms with Crippen molar-refractivity contribution in [3.63, 3.8) is 0 Å². The predicted octanol–water partition coefficient (Wildman–Crippen LogP) is 3.15. The van der Waals surface area contributed by atoms with Crippen molar-refractivity contribution in [1.29, 1.82) is 0 Å². The molecule has 1 heteroatoms. The first-order valence-corrected chi connectivity index (χ1v) is 4.63. The minimum absolute atomic E-state index is 0. The maximum atomic E-state index is 2.36. The first-order valence-electron chi connectivity index (χ1n) is 4.63. The SMILES string of the molecule is [CH-]1CCCC1.[CH-]1CCCC1.[Mg+2]. The van der Waals surface area contributed by atoms with Gasteiger partial charge in [0, 0.05) is 0 Å². The quantitative estimate of drug-likeness (QED) is 0.379. The van der Waals surface area contributed by atoms with Crippen LogP contribution in [0, 0.1) is 12.8 Å². The second-order valence-corrected chi connectivity index (χ2v) is 3.15. The molecular formula is C10H18Mg. The fraction of sp³-hybridized carbons (Fsp3) is 0.800. The van der Waals surface area contributed by atoms with E-state index >= 15 is 0 Å². The molecule has 0 heterocycles. The van der Waals surface area contributed by atoms with Crippen LogP contribution in [0.2, 0.25) is 0 Å². The first kappa shape index (κ1) is 11.8. The summed E-state index contributed by atoms with van der Waals surface area (Å²) in [6, 6.07) is 0. The summed E-state index contributed by atoms with van der Waals surface area (Å²) >= 11 is 0. The second-order valence-electron chi connectivity index (χ2n) is 3.15. The molecule has 2 aliphatic carbocycles. The van der Waals surface area contributed by atoms with Crippen molar-refractivity contribution in [3.05, 3.63) is 12.8 Å². The molecule has 0 amide bonds. The Kier molecular flexibility index (Phi) is 9.48. The fourth-order valence-corrected chi connectivity index (χ4v) is 1.44. The third kappa shape index (κ3) is 7.14. The van der Waals surface area contributed by atoms with Crippen molar-refractivity contribution < 1.29 is 0 Å². The summed E-state index contributed by atoms with van der Waals surface area (Å²) in [5, 5.41) is 0. The molecule has 2 rings (SSSR count). The summed E-state index contributed by atoms with van der Waals surface area (Å²) < 4.78 is 0. The maximum Gasteiger partial charge on any atom is 2.00 e. The predicted molar refractivity (Wildman–Crippen MR) is 51.3 cm³/mol. The Balaban J connectivity index is 0.000000167. The Hall–Kier alpha value is 0.766. The van der Waals surface area contributed by atoms with E-state index in [-0.39, 0.29) is 23.1 Å². The van der Waals surface area contributed by atoms with Crippen molar-refractivity contribution >= 4 is 23.1 Å². The van der Waals surface area contributed by atoms with Crippen LogP contribution in [-0.2, 0) is 0 Å². The third-order valence-corrected chi connectivity index (χ3v) is 2.13. The standard InChI is InChI=1S/2C5H9.Mg/c2*1-2-4-5-3-1;/h2*1H,2-5H2;/q2*-1;+2. The van der Waals surface area contributed by atoms with Crippen LogP contribution in [0.4, 0.5) is 0 Å². The number of hydrogen-bond acceptors (Lipinski definition) is 0. The topological polar surface area (TPSA) is 0 Å². The largest absolute Gasteiger partial charge is 2.00 e. The van der Waals surface area contributed by atoms with E-state index in [1.54, 1.807) is 0 Å². The Bertz CT molecular complexity index is 38.1. The zero-order valence-electron chi connectivity index (χ0n) is 7.52. The van der Waals surface area contributed by atoms with Gasteiger partial charge in [-0.15, -0.1) is 0 Å². The van der Waals surface area contributed by atoms with E-state index in [0.29, 0.717) is 0 Å². The third-order valence-electron chi connectivity index (χ3n) is 2.13. The first-order chi connectivity index (χ1) is 5.00. The van der Waals surface area contributed by atoms with Gasteiger partial charge in [-0.1, -0.05) is 25.7 Å². The van der Waals surface area contributed by atoms with Gasteiger partial charge in [-0.05, 0) is 0 Å². The van der Waals surface area contributed by atoms with Gasteiger partial charge >= 0.3 is 23.1 Å². The molecule has 2 aliphatic rings. The van der Waals surface area contributed by atoms with E-state index in [1.807, 2.05) is 0 Å². The van der Waals surface area contributed by atoms with Gasteiger partial charge < -0.3 is 12.8 Å². The molecule has 0 aromatic heterocycles. The summed E-state index contributed by atoms with van der Waals surface area (Å²) in [6.45, 7) is 0. The van der Waals surface area contributed by atoms with Crippen LogP contribution in [0.15, 0.2) is 0 Å². The second kappa shape index (κ2) is 8.86. The molecule has 0 spiro atoms. The van der Waals surface area contributed by atoms with Crippen LogP contribution in [-0.4, -0.2) is 23.1 Å². The molecule has 2 fully saturated rings. The van der Waals surface area contributed by atoms with Crippen molar-refractivity contribution in [1.82, 2.24) is 0 Å². The van der Waals surface area contributed by atoms with Crippen LogP contribution in [0.5, 0.6) is 0 Å².